The molecule has 4 heteroatoms. The molecule has 0 spiro atoms. The second-order valence-electron chi connectivity index (χ2n) is 4.05. The maximum atomic E-state index is 6.18. The fraction of sp³-hybridized carbons (Fsp3) is 0.143. The van der Waals surface area contributed by atoms with Gasteiger partial charge in [0.15, 0.2) is 0 Å². The Morgan fingerprint density at radius 3 is 2.39 bits per heavy atom. The number of benzene rings is 2. The van der Waals surface area contributed by atoms with Crippen molar-refractivity contribution in [3.05, 3.63) is 61.5 Å². The van der Waals surface area contributed by atoms with Gasteiger partial charge in [-0.05, 0) is 48.4 Å². The van der Waals surface area contributed by atoms with Crippen molar-refractivity contribution in [1.82, 2.24) is 0 Å². The van der Waals surface area contributed by atoms with Gasteiger partial charge in [0.1, 0.15) is 0 Å². The Labute approximate surface area is 129 Å². The van der Waals surface area contributed by atoms with Gasteiger partial charge in [-0.3, -0.25) is 0 Å². The van der Waals surface area contributed by atoms with E-state index in [1.54, 1.807) is 0 Å². The SMILES string of the molecule is Cc1cc(Br)ccc1NCc1ccc(Br)cc1Cl. The zero-order chi connectivity index (χ0) is 13.1. The molecule has 0 saturated carbocycles. The third kappa shape index (κ3) is 3.50. The third-order valence-corrected chi connectivity index (χ3v) is 4.01. The van der Waals surface area contributed by atoms with Gasteiger partial charge in [0.25, 0.3) is 0 Å². The van der Waals surface area contributed by atoms with E-state index in [1.807, 2.05) is 24.3 Å². The molecule has 0 heterocycles. The molecular weight excluding hydrogens is 377 g/mol. The Kier molecular flexibility index (Phi) is 4.71. The quantitative estimate of drug-likeness (QED) is 0.701. The average molecular weight is 390 g/mol. The Morgan fingerprint density at radius 2 is 1.72 bits per heavy atom. The lowest BCUT2D eigenvalue weighted by molar-refractivity contribution is 1.14. The van der Waals surface area contributed by atoms with Crippen LogP contribution < -0.4 is 5.32 Å². The molecule has 2 aromatic rings. The Hall–Kier alpha value is -0.510. The fourth-order valence-electron chi connectivity index (χ4n) is 1.68. The van der Waals surface area contributed by atoms with Crippen LogP contribution >= 0.6 is 43.5 Å². The van der Waals surface area contributed by atoms with Crippen LogP contribution in [-0.4, -0.2) is 0 Å². The summed E-state index contributed by atoms with van der Waals surface area (Å²) in [5.41, 5.74) is 3.41. The number of anilines is 1. The van der Waals surface area contributed by atoms with Crippen LogP contribution in [0.25, 0.3) is 0 Å². The Morgan fingerprint density at radius 1 is 1.06 bits per heavy atom. The summed E-state index contributed by atoms with van der Waals surface area (Å²) in [5.74, 6) is 0. The van der Waals surface area contributed by atoms with Crippen molar-refractivity contribution in [2.75, 3.05) is 5.32 Å². The molecule has 2 rings (SSSR count). The number of hydrogen-bond donors (Lipinski definition) is 1. The molecule has 2 aromatic carbocycles. The number of hydrogen-bond acceptors (Lipinski definition) is 1. The third-order valence-electron chi connectivity index (χ3n) is 2.67. The van der Waals surface area contributed by atoms with Gasteiger partial charge in [-0.1, -0.05) is 49.5 Å². The van der Waals surface area contributed by atoms with Gasteiger partial charge in [-0.25, -0.2) is 0 Å². The largest absolute Gasteiger partial charge is 0.381 e. The average Bonchev–Trinajstić information content (AvgIpc) is 2.30. The molecule has 1 nitrogen and oxygen atoms in total. The Balaban J connectivity index is 2.11. The van der Waals surface area contributed by atoms with Crippen molar-refractivity contribution < 1.29 is 0 Å². The first-order valence-corrected chi connectivity index (χ1v) is 7.46. The lowest BCUT2D eigenvalue weighted by Crippen LogP contribution is -2.01. The van der Waals surface area contributed by atoms with E-state index in [0.717, 1.165) is 25.2 Å². The lowest BCUT2D eigenvalue weighted by Gasteiger charge is -2.11. The molecule has 0 saturated heterocycles. The van der Waals surface area contributed by atoms with Crippen LogP contribution in [0.15, 0.2) is 45.3 Å². The van der Waals surface area contributed by atoms with Crippen LogP contribution in [0.3, 0.4) is 0 Å². The van der Waals surface area contributed by atoms with E-state index in [-0.39, 0.29) is 0 Å². The standard InChI is InChI=1S/C14H12Br2ClN/c1-9-6-11(15)4-5-14(9)18-8-10-2-3-12(16)7-13(10)17/h2-7,18H,8H2,1H3. The molecular formula is C14H12Br2ClN. The molecule has 0 aliphatic carbocycles. The minimum absolute atomic E-state index is 0.717. The van der Waals surface area contributed by atoms with Crippen molar-refractivity contribution >= 4 is 49.1 Å². The molecule has 18 heavy (non-hydrogen) atoms. The molecule has 0 atom stereocenters. The zero-order valence-electron chi connectivity index (χ0n) is 9.81. The van der Waals surface area contributed by atoms with E-state index in [9.17, 15) is 0 Å². The van der Waals surface area contributed by atoms with E-state index in [1.165, 1.54) is 5.56 Å². The maximum absolute atomic E-state index is 6.18. The molecule has 1 N–H and O–H groups in total. The predicted octanol–water partition coefficient (Wildman–Crippen LogP) is 5.79. The summed E-state index contributed by atoms with van der Waals surface area (Å²) < 4.78 is 2.09. The smallest absolute Gasteiger partial charge is 0.0467 e. The molecule has 0 unspecified atom stereocenters. The van der Waals surface area contributed by atoms with Crippen molar-refractivity contribution in [1.29, 1.82) is 0 Å². The Bertz CT molecular complexity index is 518. The van der Waals surface area contributed by atoms with Crippen LogP contribution in [0.4, 0.5) is 5.69 Å². The lowest BCUT2D eigenvalue weighted by atomic mass is 10.2. The highest BCUT2D eigenvalue weighted by Crippen LogP contribution is 2.24. The zero-order valence-corrected chi connectivity index (χ0v) is 13.7. The van der Waals surface area contributed by atoms with Gasteiger partial charge in [-0.2, -0.15) is 0 Å². The molecule has 0 aliphatic rings. The first-order valence-electron chi connectivity index (χ1n) is 5.50. The van der Waals surface area contributed by atoms with Crippen molar-refractivity contribution in [3.8, 4) is 0 Å². The summed E-state index contributed by atoms with van der Waals surface area (Å²) in [6.45, 7) is 2.80. The predicted molar refractivity (Wildman–Crippen MR) is 85.4 cm³/mol. The molecule has 0 amide bonds. The highest BCUT2D eigenvalue weighted by molar-refractivity contribution is 9.10. The summed E-state index contributed by atoms with van der Waals surface area (Å²) in [6, 6.07) is 12.1. The molecule has 0 bridgehead atoms. The van der Waals surface area contributed by atoms with Gasteiger partial charge < -0.3 is 5.32 Å². The normalized spacial score (nSPS) is 10.4. The van der Waals surface area contributed by atoms with Crippen LogP contribution in [-0.2, 0) is 6.54 Å². The van der Waals surface area contributed by atoms with Crippen LogP contribution in [0.5, 0.6) is 0 Å². The topological polar surface area (TPSA) is 12.0 Å². The number of rotatable bonds is 3. The maximum Gasteiger partial charge on any atom is 0.0467 e. The fourth-order valence-corrected chi connectivity index (χ4v) is 2.90. The van der Waals surface area contributed by atoms with Crippen LogP contribution in [0, 0.1) is 6.92 Å². The van der Waals surface area contributed by atoms with E-state index < -0.39 is 0 Å². The summed E-state index contributed by atoms with van der Waals surface area (Å²) >= 11 is 13.0. The van der Waals surface area contributed by atoms with E-state index in [2.05, 4.69) is 56.2 Å². The van der Waals surface area contributed by atoms with E-state index in [0.29, 0.717) is 6.54 Å². The first-order chi connectivity index (χ1) is 8.56. The number of halogens is 3. The van der Waals surface area contributed by atoms with Gasteiger partial charge in [0.05, 0.1) is 0 Å². The monoisotopic (exact) mass is 387 g/mol. The molecule has 0 radical (unpaired) electrons. The molecule has 0 aliphatic heterocycles. The second-order valence-corrected chi connectivity index (χ2v) is 6.29. The summed E-state index contributed by atoms with van der Waals surface area (Å²) in [6.07, 6.45) is 0. The minimum Gasteiger partial charge on any atom is -0.381 e. The van der Waals surface area contributed by atoms with Crippen LogP contribution in [0.1, 0.15) is 11.1 Å². The van der Waals surface area contributed by atoms with Gasteiger partial charge in [-0.15, -0.1) is 0 Å². The molecule has 0 aromatic heterocycles. The summed E-state index contributed by atoms with van der Waals surface area (Å²) in [7, 11) is 0. The van der Waals surface area contributed by atoms with Gasteiger partial charge in [0.2, 0.25) is 0 Å². The molecule has 0 fully saturated rings. The van der Waals surface area contributed by atoms with Gasteiger partial charge in [0, 0.05) is 26.2 Å². The second kappa shape index (κ2) is 6.09. The van der Waals surface area contributed by atoms with Gasteiger partial charge >= 0.3 is 0 Å². The summed E-state index contributed by atoms with van der Waals surface area (Å²) in [5, 5.41) is 4.17. The number of aryl methyl sites for hydroxylation is 1. The van der Waals surface area contributed by atoms with E-state index >= 15 is 0 Å². The first kappa shape index (κ1) is 13.9. The summed E-state index contributed by atoms with van der Waals surface area (Å²) in [4.78, 5) is 0. The number of nitrogens with one attached hydrogen (secondary N) is 1. The van der Waals surface area contributed by atoms with E-state index in [4.69, 9.17) is 11.6 Å². The van der Waals surface area contributed by atoms with Crippen molar-refractivity contribution in [2.24, 2.45) is 0 Å². The highest BCUT2D eigenvalue weighted by Gasteiger charge is 2.03. The molecule has 94 valence electrons. The van der Waals surface area contributed by atoms with Crippen molar-refractivity contribution in [2.45, 2.75) is 13.5 Å². The van der Waals surface area contributed by atoms with Crippen molar-refractivity contribution in [3.63, 3.8) is 0 Å². The minimum atomic E-state index is 0.717. The highest BCUT2D eigenvalue weighted by atomic mass is 79.9. The van der Waals surface area contributed by atoms with Crippen LogP contribution in [0.2, 0.25) is 5.02 Å².